The molecule has 0 radical (unpaired) electrons. The fraction of sp³-hybridized carbons (Fsp3) is 0.667. The summed E-state index contributed by atoms with van der Waals surface area (Å²) in [4.78, 5) is 0. The zero-order chi connectivity index (χ0) is 15.3. The lowest BCUT2D eigenvalue weighted by atomic mass is 9.75. The highest BCUT2D eigenvalue weighted by Crippen LogP contribution is 2.39. The number of rotatable bonds is 6. The summed E-state index contributed by atoms with van der Waals surface area (Å²) in [5.41, 5.74) is 1.28. The molecule has 2 rings (SSSR count). The Kier molecular flexibility index (Phi) is 6.35. The molecule has 0 saturated heterocycles. The zero-order valence-corrected chi connectivity index (χ0v) is 15.6. The minimum atomic E-state index is 0.0784. The highest BCUT2D eigenvalue weighted by Gasteiger charge is 2.36. The van der Waals surface area contributed by atoms with Crippen LogP contribution in [-0.2, 0) is 11.3 Å². The summed E-state index contributed by atoms with van der Waals surface area (Å²) in [6.07, 6.45) is 5.00. The second kappa shape index (κ2) is 7.82. The Morgan fingerprint density at radius 2 is 2.00 bits per heavy atom. The quantitative estimate of drug-likeness (QED) is 0.479. The first-order valence-electron chi connectivity index (χ1n) is 7.91. The summed E-state index contributed by atoms with van der Waals surface area (Å²) in [5, 5.41) is 0. The number of hydrogen-bond acceptors (Lipinski definition) is 2. The minimum Gasteiger partial charge on any atom is -0.497 e. The van der Waals surface area contributed by atoms with E-state index in [2.05, 4.69) is 48.6 Å². The molecule has 0 unspecified atom stereocenters. The molecule has 0 bridgehead atoms. The Bertz CT molecular complexity index is 437. The van der Waals surface area contributed by atoms with E-state index in [-0.39, 0.29) is 5.60 Å². The number of methoxy groups -OCH3 is 1. The predicted molar refractivity (Wildman–Crippen MR) is 96.2 cm³/mol. The Labute approximate surface area is 142 Å². The Morgan fingerprint density at radius 3 is 2.57 bits per heavy atom. The van der Waals surface area contributed by atoms with Gasteiger partial charge in [0.15, 0.2) is 0 Å². The van der Waals surface area contributed by atoms with Gasteiger partial charge in [0.25, 0.3) is 0 Å². The van der Waals surface area contributed by atoms with Crippen molar-refractivity contribution in [2.24, 2.45) is 11.8 Å². The van der Waals surface area contributed by atoms with Crippen LogP contribution in [-0.4, -0.2) is 17.1 Å². The van der Waals surface area contributed by atoms with Crippen LogP contribution in [0, 0.1) is 11.8 Å². The van der Waals surface area contributed by atoms with Crippen LogP contribution in [0.3, 0.4) is 0 Å². The average Bonchev–Trinajstić information content (AvgIpc) is 2.53. The summed E-state index contributed by atoms with van der Waals surface area (Å²) in [6.45, 7) is 5.38. The Hall–Kier alpha value is -0.290. The molecule has 0 heterocycles. The van der Waals surface area contributed by atoms with Gasteiger partial charge in [-0.2, -0.15) is 0 Å². The molecule has 3 heteroatoms. The number of ether oxygens (including phenoxy) is 2. The summed E-state index contributed by atoms with van der Waals surface area (Å²) >= 11 is 2.49. The predicted octanol–water partition coefficient (Wildman–Crippen LogP) is 5.23. The molecule has 0 spiro atoms. The van der Waals surface area contributed by atoms with Crippen molar-refractivity contribution < 1.29 is 9.47 Å². The molecule has 0 N–H and O–H groups in total. The van der Waals surface area contributed by atoms with Crippen LogP contribution in [0.2, 0.25) is 0 Å². The van der Waals surface area contributed by atoms with Crippen molar-refractivity contribution in [3.63, 3.8) is 0 Å². The van der Waals surface area contributed by atoms with E-state index >= 15 is 0 Å². The monoisotopic (exact) mass is 402 g/mol. The van der Waals surface area contributed by atoms with E-state index in [0.29, 0.717) is 6.61 Å². The number of alkyl halides is 1. The fourth-order valence-corrected chi connectivity index (χ4v) is 4.13. The van der Waals surface area contributed by atoms with Crippen LogP contribution in [0.5, 0.6) is 5.75 Å². The first-order valence-corrected chi connectivity index (χ1v) is 9.44. The topological polar surface area (TPSA) is 18.5 Å². The molecule has 1 saturated carbocycles. The summed E-state index contributed by atoms with van der Waals surface area (Å²) in [6, 6.07) is 8.19. The molecule has 21 heavy (non-hydrogen) atoms. The molecule has 0 aliphatic heterocycles. The molecule has 1 aliphatic carbocycles. The van der Waals surface area contributed by atoms with Gasteiger partial charge in [0.1, 0.15) is 5.75 Å². The van der Waals surface area contributed by atoms with Crippen LogP contribution in [0.1, 0.15) is 45.1 Å². The normalized spacial score (nSPS) is 26.0. The zero-order valence-electron chi connectivity index (χ0n) is 13.4. The van der Waals surface area contributed by atoms with Crippen molar-refractivity contribution in [1.29, 1.82) is 0 Å². The lowest BCUT2D eigenvalue weighted by molar-refractivity contribution is -0.0720. The third-order valence-corrected chi connectivity index (χ3v) is 6.20. The lowest BCUT2D eigenvalue weighted by Crippen LogP contribution is -2.39. The van der Waals surface area contributed by atoms with Gasteiger partial charge in [0, 0.05) is 4.43 Å². The van der Waals surface area contributed by atoms with Crippen molar-refractivity contribution in [2.45, 2.75) is 51.7 Å². The van der Waals surface area contributed by atoms with Crippen LogP contribution in [0.4, 0.5) is 0 Å². The van der Waals surface area contributed by atoms with Gasteiger partial charge in [-0.05, 0) is 55.2 Å². The van der Waals surface area contributed by atoms with Gasteiger partial charge < -0.3 is 9.47 Å². The van der Waals surface area contributed by atoms with E-state index in [1.807, 2.05) is 12.1 Å². The second-order valence-corrected chi connectivity index (χ2v) is 7.30. The van der Waals surface area contributed by atoms with E-state index in [0.717, 1.165) is 22.0 Å². The van der Waals surface area contributed by atoms with E-state index in [4.69, 9.17) is 9.47 Å². The number of benzene rings is 1. The first kappa shape index (κ1) is 17.1. The molecular formula is C18H27IO2. The highest BCUT2D eigenvalue weighted by molar-refractivity contribution is 14.1. The van der Waals surface area contributed by atoms with Gasteiger partial charge in [-0.25, -0.2) is 0 Å². The third kappa shape index (κ3) is 4.59. The van der Waals surface area contributed by atoms with Gasteiger partial charge in [-0.3, -0.25) is 0 Å². The van der Waals surface area contributed by atoms with Crippen LogP contribution in [0.15, 0.2) is 24.3 Å². The molecule has 1 aliphatic rings. The minimum absolute atomic E-state index is 0.0784. The van der Waals surface area contributed by atoms with E-state index in [9.17, 15) is 0 Å². The maximum atomic E-state index is 6.37. The lowest BCUT2D eigenvalue weighted by Gasteiger charge is -2.40. The Morgan fingerprint density at radius 1 is 1.29 bits per heavy atom. The SMILES string of the molecule is COc1cccc(COC2(CI)CCC(C(C)C)CC2)c1. The van der Waals surface area contributed by atoms with E-state index in [1.165, 1.54) is 31.2 Å². The maximum absolute atomic E-state index is 6.37. The van der Waals surface area contributed by atoms with Gasteiger partial charge in [0.2, 0.25) is 0 Å². The van der Waals surface area contributed by atoms with Gasteiger partial charge in [-0.1, -0.05) is 48.6 Å². The van der Waals surface area contributed by atoms with Gasteiger partial charge in [-0.15, -0.1) is 0 Å². The third-order valence-electron chi connectivity index (χ3n) is 4.81. The first-order chi connectivity index (χ1) is 10.1. The maximum Gasteiger partial charge on any atom is 0.119 e. The number of halogens is 1. The fourth-order valence-electron chi connectivity index (χ4n) is 3.15. The summed E-state index contributed by atoms with van der Waals surface area (Å²) in [5.74, 6) is 2.58. The van der Waals surface area contributed by atoms with E-state index in [1.54, 1.807) is 7.11 Å². The molecule has 1 aromatic carbocycles. The molecule has 118 valence electrons. The van der Waals surface area contributed by atoms with Crippen LogP contribution >= 0.6 is 22.6 Å². The smallest absolute Gasteiger partial charge is 0.119 e. The standard InChI is InChI=1S/C18H27IO2/c1-14(2)16-7-9-18(13-19,10-8-16)21-12-15-5-4-6-17(11-15)20-3/h4-6,11,14,16H,7-10,12-13H2,1-3H3. The van der Waals surface area contributed by atoms with Crippen molar-refractivity contribution in [3.8, 4) is 5.75 Å². The van der Waals surface area contributed by atoms with Crippen molar-refractivity contribution >= 4 is 22.6 Å². The molecule has 0 amide bonds. The molecule has 0 aromatic heterocycles. The summed E-state index contributed by atoms with van der Waals surface area (Å²) in [7, 11) is 1.71. The Balaban J connectivity index is 1.93. The van der Waals surface area contributed by atoms with Crippen LogP contribution < -0.4 is 4.74 Å². The van der Waals surface area contributed by atoms with Crippen molar-refractivity contribution in [2.75, 3.05) is 11.5 Å². The second-order valence-electron chi connectivity index (χ2n) is 6.54. The van der Waals surface area contributed by atoms with Crippen molar-refractivity contribution in [1.82, 2.24) is 0 Å². The van der Waals surface area contributed by atoms with Gasteiger partial charge >= 0.3 is 0 Å². The summed E-state index contributed by atoms with van der Waals surface area (Å²) < 4.78 is 12.7. The molecular weight excluding hydrogens is 375 g/mol. The van der Waals surface area contributed by atoms with Crippen molar-refractivity contribution in [3.05, 3.63) is 29.8 Å². The van der Waals surface area contributed by atoms with Gasteiger partial charge in [0.05, 0.1) is 19.3 Å². The largest absolute Gasteiger partial charge is 0.497 e. The highest BCUT2D eigenvalue weighted by atomic mass is 127. The molecule has 1 aromatic rings. The molecule has 2 nitrogen and oxygen atoms in total. The van der Waals surface area contributed by atoms with Crippen LogP contribution in [0.25, 0.3) is 0 Å². The average molecular weight is 402 g/mol. The molecule has 0 atom stereocenters. The molecule has 1 fully saturated rings. The van der Waals surface area contributed by atoms with E-state index < -0.39 is 0 Å². The number of hydrogen-bond donors (Lipinski definition) is 0.